The molecule has 0 fully saturated rings. The highest BCUT2D eigenvalue weighted by Crippen LogP contribution is 2.33. The molecule has 0 atom stereocenters. The van der Waals surface area contributed by atoms with E-state index in [4.69, 9.17) is 15.0 Å². The fraction of sp³-hybridized carbons (Fsp3) is 0.207. The molecule has 0 aliphatic carbocycles. The first-order valence-electron chi connectivity index (χ1n) is 11.8. The monoisotopic (exact) mass is 464 g/mol. The van der Waals surface area contributed by atoms with Crippen molar-refractivity contribution in [1.82, 2.24) is 14.9 Å². The number of aryl methyl sites for hydroxylation is 1. The third-order valence-corrected chi connectivity index (χ3v) is 5.77. The molecule has 3 aromatic carbocycles. The summed E-state index contributed by atoms with van der Waals surface area (Å²) in [5, 5.41) is 11.6. The molecule has 1 amide bonds. The molecule has 0 aliphatic rings. The number of nitriles is 1. The summed E-state index contributed by atoms with van der Waals surface area (Å²) in [5.74, 6) is 1.41. The highest BCUT2D eigenvalue weighted by molar-refractivity contribution is 5.79. The van der Waals surface area contributed by atoms with Crippen LogP contribution in [-0.2, 0) is 6.54 Å². The Balaban J connectivity index is 1.32. The number of imidazole rings is 1. The molecule has 4 rings (SSSR count). The van der Waals surface area contributed by atoms with Gasteiger partial charge in [0.15, 0.2) is 0 Å². The van der Waals surface area contributed by atoms with Gasteiger partial charge in [0.25, 0.3) is 0 Å². The van der Waals surface area contributed by atoms with E-state index in [1.165, 1.54) is 0 Å². The normalized spacial score (nSPS) is 10.5. The summed E-state index contributed by atoms with van der Waals surface area (Å²) < 4.78 is 7.54. The van der Waals surface area contributed by atoms with Crippen molar-refractivity contribution in [3.8, 4) is 34.3 Å². The molecule has 4 aromatic rings. The van der Waals surface area contributed by atoms with Crippen LogP contribution >= 0.6 is 0 Å². The van der Waals surface area contributed by atoms with E-state index in [0.29, 0.717) is 17.9 Å². The standard InChI is InChI=1S/C29H28N4O2/c1-22-32-27(24-11-5-2-6-12-24)28(25-13-7-3-8-14-25)33(22)20-10-4-9-19-31-29(34)35-26-17-15-23(21-30)16-18-26/h2-3,5-8,11-18H,4,9-10,19-20H2,1H3,(H,31,34). The zero-order valence-corrected chi connectivity index (χ0v) is 19.8. The molecule has 0 bridgehead atoms. The number of benzene rings is 3. The van der Waals surface area contributed by atoms with Gasteiger partial charge in [-0.1, -0.05) is 60.7 Å². The summed E-state index contributed by atoms with van der Waals surface area (Å²) in [6, 6.07) is 29.2. The van der Waals surface area contributed by atoms with Gasteiger partial charge in [0.05, 0.1) is 23.0 Å². The average molecular weight is 465 g/mol. The van der Waals surface area contributed by atoms with Gasteiger partial charge in [-0.25, -0.2) is 9.78 Å². The molecule has 0 saturated heterocycles. The Bertz CT molecular complexity index is 1290. The van der Waals surface area contributed by atoms with Crippen molar-refractivity contribution in [3.63, 3.8) is 0 Å². The van der Waals surface area contributed by atoms with Crippen LogP contribution in [-0.4, -0.2) is 22.2 Å². The zero-order chi connectivity index (χ0) is 24.5. The van der Waals surface area contributed by atoms with Crippen molar-refractivity contribution in [3.05, 3.63) is 96.3 Å². The fourth-order valence-electron chi connectivity index (χ4n) is 4.03. The lowest BCUT2D eigenvalue weighted by Gasteiger charge is -2.12. The molecule has 35 heavy (non-hydrogen) atoms. The first-order chi connectivity index (χ1) is 17.2. The molecule has 1 heterocycles. The van der Waals surface area contributed by atoms with Crippen LogP contribution in [0.5, 0.6) is 5.75 Å². The van der Waals surface area contributed by atoms with E-state index >= 15 is 0 Å². The molecule has 6 heteroatoms. The summed E-state index contributed by atoms with van der Waals surface area (Å²) in [5.41, 5.74) is 4.93. The molecule has 0 spiro atoms. The minimum atomic E-state index is -0.487. The van der Waals surface area contributed by atoms with Crippen LogP contribution in [0.15, 0.2) is 84.9 Å². The number of rotatable bonds is 9. The van der Waals surface area contributed by atoms with Gasteiger partial charge in [-0.05, 0) is 50.5 Å². The van der Waals surface area contributed by atoms with E-state index in [0.717, 1.165) is 54.1 Å². The van der Waals surface area contributed by atoms with E-state index in [-0.39, 0.29) is 0 Å². The lowest BCUT2D eigenvalue weighted by Crippen LogP contribution is -2.27. The van der Waals surface area contributed by atoms with Crippen molar-refractivity contribution in [2.75, 3.05) is 6.54 Å². The van der Waals surface area contributed by atoms with E-state index in [9.17, 15) is 4.79 Å². The second kappa shape index (κ2) is 11.7. The lowest BCUT2D eigenvalue weighted by molar-refractivity contribution is 0.200. The van der Waals surface area contributed by atoms with E-state index in [2.05, 4.69) is 53.2 Å². The molecule has 0 unspecified atom stereocenters. The predicted octanol–water partition coefficient (Wildman–Crippen LogP) is 6.36. The number of hydrogen-bond donors (Lipinski definition) is 1. The number of unbranched alkanes of at least 4 members (excludes halogenated alkanes) is 2. The Morgan fingerprint density at radius 1 is 0.914 bits per heavy atom. The van der Waals surface area contributed by atoms with Crippen LogP contribution in [0.1, 0.15) is 30.7 Å². The van der Waals surface area contributed by atoms with Crippen molar-refractivity contribution in [1.29, 1.82) is 5.26 Å². The topological polar surface area (TPSA) is 79.9 Å². The zero-order valence-electron chi connectivity index (χ0n) is 19.8. The second-order valence-electron chi connectivity index (χ2n) is 8.25. The van der Waals surface area contributed by atoms with E-state index in [1.54, 1.807) is 24.3 Å². The number of carbonyl (C=O) groups excluding carboxylic acids is 1. The molecule has 176 valence electrons. The molecule has 1 aromatic heterocycles. The number of amides is 1. The SMILES string of the molecule is Cc1nc(-c2ccccc2)c(-c2ccccc2)n1CCCCCNC(=O)Oc1ccc(C#N)cc1. The number of aromatic nitrogens is 2. The summed E-state index contributed by atoms with van der Waals surface area (Å²) in [4.78, 5) is 16.9. The van der Waals surface area contributed by atoms with Crippen LogP contribution in [0.25, 0.3) is 22.5 Å². The average Bonchev–Trinajstić information content (AvgIpc) is 3.23. The van der Waals surface area contributed by atoms with Crippen molar-refractivity contribution in [2.24, 2.45) is 0 Å². The molecular weight excluding hydrogens is 436 g/mol. The van der Waals surface area contributed by atoms with Gasteiger partial charge >= 0.3 is 6.09 Å². The Labute approximate surface area is 205 Å². The quantitative estimate of drug-likeness (QED) is 0.292. The van der Waals surface area contributed by atoms with Gasteiger partial charge in [0.2, 0.25) is 0 Å². The molecular formula is C29H28N4O2. The third kappa shape index (κ3) is 6.15. The van der Waals surface area contributed by atoms with Crippen LogP contribution in [0.3, 0.4) is 0 Å². The molecule has 0 saturated carbocycles. The van der Waals surface area contributed by atoms with E-state index < -0.39 is 6.09 Å². The summed E-state index contributed by atoms with van der Waals surface area (Å²) in [7, 11) is 0. The van der Waals surface area contributed by atoms with Crippen LogP contribution < -0.4 is 10.1 Å². The van der Waals surface area contributed by atoms with Crippen molar-refractivity contribution >= 4 is 6.09 Å². The number of nitrogens with one attached hydrogen (secondary N) is 1. The van der Waals surface area contributed by atoms with Crippen molar-refractivity contribution in [2.45, 2.75) is 32.7 Å². The van der Waals surface area contributed by atoms with Gasteiger partial charge < -0.3 is 14.6 Å². The van der Waals surface area contributed by atoms with Crippen LogP contribution in [0.2, 0.25) is 0 Å². The predicted molar refractivity (Wildman–Crippen MR) is 137 cm³/mol. The molecule has 6 nitrogen and oxygen atoms in total. The number of nitrogens with zero attached hydrogens (tertiary/aromatic N) is 3. The Hall–Kier alpha value is -4.37. The summed E-state index contributed by atoms with van der Waals surface area (Å²) in [6.45, 7) is 3.45. The highest BCUT2D eigenvalue weighted by Gasteiger charge is 2.17. The second-order valence-corrected chi connectivity index (χ2v) is 8.25. The highest BCUT2D eigenvalue weighted by atomic mass is 16.6. The Kier molecular flexibility index (Phi) is 7.92. The largest absolute Gasteiger partial charge is 0.412 e. The number of carbonyl (C=O) groups is 1. The van der Waals surface area contributed by atoms with Crippen LogP contribution in [0, 0.1) is 18.3 Å². The van der Waals surface area contributed by atoms with Crippen molar-refractivity contribution < 1.29 is 9.53 Å². The summed E-state index contributed by atoms with van der Waals surface area (Å²) >= 11 is 0. The minimum Gasteiger partial charge on any atom is -0.410 e. The Morgan fingerprint density at radius 2 is 1.57 bits per heavy atom. The molecule has 0 radical (unpaired) electrons. The first kappa shape index (κ1) is 23.8. The molecule has 0 aliphatic heterocycles. The molecule has 1 N–H and O–H groups in total. The smallest absolute Gasteiger partial charge is 0.410 e. The third-order valence-electron chi connectivity index (χ3n) is 5.77. The maximum Gasteiger partial charge on any atom is 0.412 e. The minimum absolute atomic E-state index is 0.416. The van der Waals surface area contributed by atoms with Gasteiger partial charge in [-0.3, -0.25) is 0 Å². The maximum absolute atomic E-state index is 12.0. The first-order valence-corrected chi connectivity index (χ1v) is 11.8. The van der Waals surface area contributed by atoms with E-state index in [1.807, 2.05) is 30.3 Å². The van der Waals surface area contributed by atoms with Gasteiger partial charge in [0.1, 0.15) is 11.6 Å². The van der Waals surface area contributed by atoms with Gasteiger partial charge in [-0.2, -0.15) is 5.26 Å². The van der Waals surface area contributed by atoms with Gasteiger partial charge in [0, 0.05) is 24.2 Å². The lowest BCUT2D eigenvalue weighted by atomic mass is 10.0. The van der Waals surface area contributed by atoms with Gasteiger partial charge in [-0.15, -0.1) is 0 Å². The van der Waals surface area contributed by atoms with Crippen LogP contribution in [0.4, 0.5) is 4.79 Å². The summed E-state index contributed by atoms with van der Waals surface area (Å²) in [6.07, 6.45) is 2.29. The number of hydrogen-bond acceptors (Lipinski definition) is 4. The number of ether oxygens (including phenoxy) is 1. The Morgan fingerprint density at radius 3 is 2.23 bits per heavy atom. The maximum atomic E-state index is 12.0. The fourth-order valence-corrected chi connectivity index (χ4v) is 4.03.